The van der Waals surface area contributed by atoms with E-state index in [9.17, 15) is 0 Å². The molecule has 0 aliphatic carbocycles. The molecule has 0 amide bonds. The first-order valence-corrected chi connectivity index (χ1v) is 29.9. The van der Waals surface area contributed by atoms with Crippen LogP contribution in [0.15, 0.2) is 0 Å². The van der Waals surface area contributed by atoms with Gasteiger partial charge in [-0.15, -0.1) is 0 Å². The first-order chi connectivity index (χ1) is 23.2. The van der Waals surface area contributed by atoms with Gasteiger partial charge < -0.3 is 8.85 Å². The minimum absolute atomic E-state index is 0.666. The van der Waals surface area contributed by atoms with Gasteiger partial charge in [-0.25, -0.2) is 0 Å². The van der Waals surface area contributed by atoms with E-state index in [0.29, 0.717) is 9.75 Å². The molecule has 2 nitrogen and oxygen atoms in total. The monoisotopic (exact) mass is 747 g/mol. The Morgan fingerprint density at radius 1 is 0.333 bits per heavy atom. The Balaban J connectivity index is 4.19. The topological polar surface area (TPSA) is 18.5 Å². The zero-order chi connectivity index (χ0) is 35.6. The van der Waals surface area contributed by atoms with E-state index in [2.05, 4.69) is 61.6 Å². The highest BCUT2D eigenvalue weighted by Gasteiger charge is 2.38. The molecule has 0 N–H and O–H groups in total. The maximum atomic E-state index is 6.19. The first-order valence-electron chi connectivity index (χ1n) is 21.7. The van der Waals surface area contributed by atoms with Gasteiger partial charge in [-0.05, 0) is 39.0 Å². The van der Waals surface area contributed by atoms with Crippen LogP contribution >= 0.6 is 21.6 Å². The van der Waals surface area contributed by atoms with E-state index in [1.54, 1.807) is 0 Å². The standard InChI is InChI=1S/C42H90O2S2Si2/c1-9-11-13-15-17-19-21-23-25-27-29-31-33-35-37-39-41(47(5,6)43-3)45-46-42(48(7,8)44-4)40-38-36-34-32-30-28-26-24-22-20-18-16-14-12-10-2/h41-42H,9-40H2,1-8H3. The summed E-state index contributed by atoms with van der Waals surface area (Å²) in [5.41, 5.74) is 0. The Morgan fingerprint density at radius 2 is 0.521 bits per heavy atom. The second-order valence-electron chi connectivity index (χ2n) is 16.3. The van der Waals surface area contributed by atoms with Crippen LogP contribution in [0.3, 0.4) is 0 Å². The van der Waals surface area contributed by atoms with Crippen LogP contribution in [0.2, 0.25) is 26.2 Å². The fourth-order valence-electron chi connectivity index (χ4n) is 6.82. The van der Waals surface area contributed by atoms with E-state index in [0.717, 1.165) is 0 Å². The average Bonchev–Trinajstić information content (AvgIpc) is 3.08. The first kappa shape index (κ1) is 49.1. The van der Waals surface area contributed by atoms with Crippen molar-refractivity contribution in [2.24, 2.45) is 0 Å². The Hall–Kier alpha value is 1.05. The van der Waals surface area contributed by atoms with Gasteiger partial charge in [0.1, 0.15) is 0 Å². The van der Waals surface area contributed by atoms with Crippen LogP contribution in [-0.4, -0.2) is 40.6 Å². The third-order valence-corrected chi connectivity index (χ3v) is 24.7. The van der Waals surface area contributed by atoms with Crippen LogP contribution < -0.4 is 0 Å². The summed E-state index contributed by atoms with van der Waals surface area (Å²) < 4.78 is 12.4. The normalized spacial score (nSPS) is 13.8. The molecule has 0 aliphatic rings. The van der Waals surface area contributed by atoms with Gasteiger partial charge in [-0.3, -0.25) is 0 Å². The van der Waals surface area contributed by atoms with E-state index >= 15 is 0 Å². The minimum atomic E-state index is -1.71. The van der Waals surface area contributed by atoms with Gasteiger partial charge in [0, 0.05) is 24.0 Å². The third kappa shape index (κ3) is 29.6. The van der Waals surface area contributed by atoms with Gasteiger partial charge in [-0.2, -0.15) is 0 Å². The van der Waals surface area contributed by atoms with Crippen LogP contribution in [0, 0.1) is 0 Å². The summed E-state index contributed by atoms with van der Waals surface area (Å²) in [7, 11) is 4.89. The Bertz CT molecular complexity index is 595. The highest BCUT2D eigenvalue weighted by Crippen LogP contribution is 2.43. The molecular weight excluding hydrogens is 657 g/mol. The molecule has 2 unspecified atom stereocenters. The number of hydrogen-bond donors (Lipinski definition) is 0. The molecule has 0 aromatic heterocycles. The summed E-state index contributed by atoms with van der Waals surface area (Å²) in [5.74, 6) is 0. The zero-order valence-electron chi connectivity index (χ0n) is 34.4. The van der Waals surface area contributed by atoms with Crippen LogP contribution in [-0.2, 0) is 8.85 Å². The van der Waals surface area contributed by atoms with Gasteiger partial charge in [0.25, 0.3) is 0 Å². The molecule has 0 saturated heterocycles. The molecule has 0 saturated carbocycles. The van der Waals surface area contributed by atoms with Crippen LogP contribution in [0.1, 0.15) is 219 Å². The van der Waals surface area contributed by atoms with Crippen molar-refractivity contribution in [1.29, 1.82) is 0 Å². The van der Waals surface area contributed by atoms with Crippen molar-refractivity contribution < 1.29 is 8.85 Å². The molecule has 0 aliphatic heterocycles. The van der Waals surface area contributed by atoms with Crippen molar-refractivity contribution in [3.05, 3.63) is 0 Å². The lowest BCUT2D eigenvalue weighted by Gasteiger charge is -2.34. The molecule has 2 atom stereocenters. The van der Waals surface area contributed by atoms with Crippen molar-refractivity contribution in [3.63, 3.8) is 0 Å². The second kappa shape index (κ2) is 35.1. The molecule has 0 fully saturated rings. The highest BCUT2D eigenvalue weighted by atomic mass is 33.1. The van der Waals surface area contributed by atoms with Crippen LogP contribution in [0.5, 0.6) is 0 Å². The summed E-state index contributed by atoms with van der Waals surface area (Å²) in [6.45, 7) is 14.4. The molecule has 0 aromatic carbocycles. The lowest BCUT2D eigenvalue weighted by Crippen LogP contribution is -2.44. The largest absolute Gasteiger partial charge is 0.419 e. The molecule has 0 bridgehead atoms. The van der Waals surface area contributed by atoms with E-state index in [4.69, 9.17) is 8.85 Å². The Morgan fingerprint density at radius 3 is 0.708 bits per heavy atom. The molecule has 48 heavy (non-hydrogen) atoms. The second-order valence-corrected chi connectivity index (χ2v) is 28.4. The maximum Gasteiger partial charge on any atom is 0.199 e. The van der Waals surface area contributed by atoms with Gasteiger partial charge in [0.15, 0.2) is 16.6 Å². The number of unbranched alkanes of at least 4 members (excludes halogenated alkanes) is 28. The fraction of sp³-hybridized carbons (Fsp3) is 1.00. The SMILES string of the molecule is CCCCCCCCCCCCCCCCCC(SSC(CCCCCCCCCCCCCCCCC)[Si](C)(C)OC)[Si](C)(C)OC. The molecule has 290 valence electrons. The summed E-state index contributed by atoms with van der Waals surface area (Å²) in [6.07, 6.45) is 45.7. The van der Waals surface area contributed by atoms with Crippen molar-refractivity contribution in [3.8, 4) is 0 Å². The predicted molar refractivity (Wildman–Crippen MR) is 231 cm³/mol. The summed E-state index contributed by atoms with van der Waals surface area (Å²) in [6, 6.07) is 0. The van der Waals surface area contributed by atoms with E-state index in [1.165, 1.54) is 205 Å². The van der Waals surface area contributed by atoms with Gasteiger partial charge >= 0.3 is 0 Å². The lowest BCUT2D eigenvalue weighted by molar-refractivity contribution is 0.397. The average molecular weight is 747 g/mol. The fourth-order valence-corrected chi connectivity index (χ4v) is 18.9. The molecule has 0 spiro atoms. The quantitative estimate of drug-likeness (QED) is 0.0354. The molecule has 0 heterocycles. The van der Waals surface area contributed by atoms with E-state index < -0.39 is 16.6 Å². The third-order valence-electron chi connectivity index (χ3n) is 11.0. The van der Waals surface area contributed by atoms with Crippen molar-refractivity contribution in [2.75, 3.05) is 14.2 Å². The van der Waals surface area contributed by atoms with Crippen molar-refractivity contribution in [1.82, 2.24) is 0 Å². The maximum absolute atomic E-state index is 6.19. The molecule has 0 rings (SSSR count). The van der Waals surface area contributed by atoms with Crippen molar-refractivity contribution >= 4 is 38.2 Å². The van der Waals surface area contributed by atoms with Gasteiger partial charge in [0.05, 0.1) is 0 Å². The molecule has 0 radical (unpaired) electrons. The molecule has 6 heteroatoms. The summed E-state index contributed by atoms with van der Waals surface area (Å²) in [4.78, 5) is 1.33. The smallest absolute Gasteiger partial charge is 0.199 e. The van der Waals surface area contributed by atoms with Crippen molar-refractivity contribution in [2.45, 2.75) is 255 Å². The zero-order valence-corrected chi connectivity index (χ0v) is 38.0. The Kier molecular flexibility index (Phi) is 35.9. The summed E-state index contributed by atoms with van der Waals surface area (Å²) in [5, 5.41) is 0. The van der Waals surface area contributed by atoms with Gasteiger partial charge in [0.2, 0.25) is 0 Å². The minimum Gasteiger partial charge on any atom is -0.419 e. The molecule has 0 aromatic rings. The lowest BCUT2D eigenvalue weighted by atomic mass is 10.0. The predicted octanol–water partition coefficient (Wildman–Crippen LogP) is 16.4. The van der Waals surface area contributed by atoms with Gasteiger partial charge in [-0.1, -0.05) is 228 Å². The number of hydrogen-bond acceptors (Lipinski definition) is 4. The van der Waals surface area contributed by atoms with Crippen LogP contribution in [0.25, 0.3) is 0 Å². The van der Waals surface area contributed by atoms with Crippen LogP contribution in [0.4, 0.5) is 0 Å². The molecular formula is C42H90O2S2Si2. The highest BCUT2D eigenvalue weighted by molar-refractivity contribution is 8.77. The Labute approximate surface area is 315 Å². The van der Waals surface area contributed by atoms with E-state index in [-0.39, 0.29) is 0 Å². The number of rotatable bonds is 39. The van der Waals surface area contributed by atoms with E-state index in [1.807, 2.05) is 14.2 Å². The summed E-state index contributed by atoms with van der Waals surface area (Å²) >= 11 is 0.